The van der Waals surface area contributed by atoms with Gasteiger partial charge in [-0.2, -0.15) is 23.1 Å². The Morgan fingerprint density at radius 3 is 2.34 bits per heavy atom. The summed E-state index contributed by atoms with van der Waals surface area (Å²) in [4.78, 5) is 14.0. The summed E-state index contributed by atoms with van der Waals surface area (Å²) in [5, 5.41) is 25.2. The first-order valence-corrected chi connectivity index (χ1v) is 13.3. The van der Waals surface area contributed by atoms with Crippen molar-refractivity contribution in [3.05, 3.63) is 35.4 Å². The molecule has 4 fully saturated rings. The number of nitrogens with one attached hydrogen (secondary N) is 3. The fourth-order valence-electron chi connectivity index (χ4n) is 5.99. The molecule has 206 valence electrons. The minimum absolute atomic E-state index is 0.149. The molecular formula is C27H36F3N7O. The normalized spacial score (nSPS) is 24.4. The molecule has 1 atom stereocenters. The maximum Gasteiger partial charge on any atom is 0.416 e. The lowest BCUT2D eigenvalue weighted by Gasteiger charge is -2.45. The molecule has 8 nitrogen and oxygen atoms in total. The van der Waals surface area contributed by atoms with E-state index in [0.717, 1.165) is 63.7 Å². The van der Waals surface area contributed by atoms with E-state index in [1.165, 1.54) is 6.07 Å². The number of hydrogen-bond donors (Lipinski definition) is 4. The highest BCUT2D eigenvalue weighted by Crippen LogP contribution is 2.36. The molecule has 38 heavy (non-hydrogen) atoms. The molecular weight excluding hydrogens is 495 g/mol. The van der Waals surface area contributed by atoms with Crippen LogP contribution in [0.3, 0.4) is 0 Å². The zero-order chi connectivity index (χ0) is 27.1. The van der Waals surface area contributed by atoms with Gasteiger partial charge in [-0.15, -0.1) is 0 Å². The third-order valence-electron chi connectivity index (χ3n) is 8.29. The maximum atomic E-state index is 13.3. The van der Waals surface area contributed by atoms with Gasteiger partial charge >= 0.3 is 6.18 Å². The summed E-state index contributed by atoms with van der Waals surface area (Å²) < 4.78 is 40.0. The van der Waals surface area contributed by atoms with Crippen molar-refractivity contribution in [2.75, 3.05) is 48.3 Å². The summed E-state index contributed by atoms with van der Waals surface area (Å²) >= 11 is 0. The number of halogens is 3. The molecule has 0 amide bonds. The Balaban J connectivity index is 1.48. The molecule has 11 heteroatoms. The van der Waals surface area contributed by atoms with Gasteiger partial charge < -0.3 is 30.9 Å². The van der Waals surface area contributed by atoms with E-state index in [9.17, 15) is 18.3 Å². The van der Waals surface area contributed by atoms with Crippen molar-refractivity contribution >= 4 is 29.5 Å². The van der Waals surface area contributed by atoms with Crippen molar-refractivity contribution in [2.24, 2.45) is 11.8 Å². The summed E-state index contributed by atoms with van der Waals surface area (Å²) in [6, 6.07) is 5.18. The summed E-state index contributed by atoms with van der Waals surface area (Å²) in [6.45, 7) is 8.05. The predicted molar refractivity (Wildman–Crippen MR) is 142 cm³/mol. The Morgan fingerprint density at radius 2 is 1.76 bits per heavy atom. The predicted octanol–water partition coefficient (Wildman–Crippen LogP) is 4.73. The van der Waals surface area contributed by atoms with Gasteiger partial charge in [0.1, 0.15) is 11.6 Å². The van der Waals surface area contributed by atoms with Crippen molar-refractivity contribution in [2.45, 2.75) is 57.3 Å². The van der Waals surface area contributed by atoms with E-state index < -0.39 is 17.3 Å². The van der Waals surface area contributed by atoms with E-state index in [2.05, 4.69) is 25.4 Å². The van der Waals surface area contributed by atoms with Crippen LogP contribution >= 0.6 is 0 Å². The Morgan fingerprint density at radius 1 is 1.05 bits per heavy atom. The number of aliphatic hydroxyl groups is 1. The van der Waals surface area contributed by atoms with Gasteiger partial charge in [0.15, 0.2) is 0 Å². The number of fused-ring (bicyclic) bond motifs is 3. The Kier molecular flexibility index (Phi) is 7.25. The number of alkyl halides is 3. The second kappa shape index (κ2) is 10.3. The van der Waals surface area contributed by atoms with Gasteiger partial charge in [-0.05, 0) is 82.7 Å². The fourth-order valence-corrected chi connectivity index (χ4v) is 5.99. The van der Waals surface area contributed by atoms with Crippen LogP contribution < -0.4 is 15.5 Å². The molecule has 5 heterocycles. The number of hydrogen-bond acceptors (Lipinski definition) is 8. The molecule has 0 aliphatic carbocycles. The second-order valence-corrected chi connectivity index (χ2v) is 11.3. The van der Waals surface area contributed by atoms with Gasteiger partial charge in [0.05, 0.1) is 16.7 Å². The van der Waals surface area contributed by atoms with Crippen LogP contribution in [-0.4, -0.2) is 70.6 Å². The standard InChI is InChI=1S/C27H36F3N7O/c1-26(2,38)18-8-12-37(13-9-18)24-21(15-31)23(32-20-5-3-4-19(14-20)27(28,29)30)34-25(35-24)33-22-16-36-10-6-17(22)7-11-36/h3-5,14-15,17-18,22,31,38H,6-13,16H2,1-2H3,(H2,32,33,34,35). The number of aromatic nitrogens is 2. The maximum absolute atomic E-state index is 13.3. The molecule has 1 aromatic carbocycles. The second-order valence-electron chi connectivity index (χ2n) is 11.3. The average Bonchev–Trinajstić information content (AvgIpc) is 2.88. The molecule has 0 radical (unpaired) electrons. The monoisotopic (exact) mass is 531 g/mol. The van der Waals surface area contributed by atoms with E-state index >= 15 is 0 Å². The highest BCUT2D eigenvalue weighted by Gasteiger charge is 2.36. The Bertz CT molecular complexity index is 1150. The molecule has 4 N–H and O–H groups in total. The van der Waals surface area contributed by atoms with E-state index in [4.69, 9.17) is 10.4 Å². The van der Waals surface area contributed by atoms with Crippen LogP contribution in [-0.2, 0) is 6.18 Å². The molecule has 1 unspecified atom stereocenters. The number of rotatable bonds is 7. The zero-order valence-electron chi connectivity index (χ0n) is 21.9. The first kappa shape index (κ1) is 26.7. The van der Waals surface area contributed by atoms with Crippen LogP contribution in [0.25, 0.3) is 0 Å². The van der Waals surface area contributed by atoms with Crippen LogP contribution in [0, 0.1) is 17.2 Å². The number of benzene rings is 1. The summed E-state index contributed by atoms with van der Waals surface area (Å²) in [6.07, 6.45) is 0.455. The third-order valence-corrected chi connectivity index (χ3v) is 8.29. The van der Waals surface area contributed by atoms with Crippen molar-refractivity contribution in [1.82, 2.24) is 14.9 Å². The van der Waals surface area contributed by atoms with Crippen LogP contribution in [0.1, 0.15) is 50.7 Å². The molecule has 2 bridgehead atoms. The van der Waals surface area contributed by atoms with E-state index in [1.807, 2.05) is 13.8 Å². The highest BCUT2D eigenvalue weighted by atomic mass is 19.4. The average molecular weight is 532 g/mol. The summed E-state index contributed by atoms with van der Waals surface area (Å²) in [5.41, 5.74) is -0.876. The molecule has 4 saturated heterocycles. The molecule has 2 aromatic rings. The SMILES string of the molecule is CC(C)(O)C1CCN(c2nc(NC3CN4CCC3CC4)nc(Nc3cccc(C(F)(F)F)c3)c2C=N)CC1. The lowest BCUT2D eigenvalue weighted by atomic mass is 9.83. The van der Waals surface area contributed by atoms with Crippen LogP contribution in [0.15, 0.2) is 24.3 Å². The smallest absolute Gasteiger partial charge is 0.390 e. The van der Waals surface area contributed by atoms with Gasteiger partial charge in [0, 0.05) is 37.6 Å². The first-order chi connectivity index (χ1) is 18.0. The summed E-state index contributed by atoms with van der Waals surface area (Å²) in [5.74, 6) is 1.94. The quantitative estimate of drug-likeness (QED) is 0.383. The number of anilines is 4. The number of nitrogens with zero attached hydrogens (tertiary/aromatic N) is 4. The molecule has 1 aromatic heterocycles. The van der Waals surface area contributed by atoms with E-state index in [-0.39, 0.29) is 23.5 Å². The van der Waals surface area contributed by atoms with Gasteiger partial charge in [0.25, 0.3) is 0 Å². The topological polar surface area (TPSA) is 100 Å². The third kappa shape index (κ3) is 5.73. The lowest BCUT2D eigenvalue weighted by molar-refractivity contribution is -0.137. The van der Waals surface area contributed by atoms with Crippen molar-refractivity contribution in [3.63, 3.8) is 0 Å². The van der Waals surface area contributed by atoms with Crippen LogP contribution in [0.5, 0.6) is 0 Å². The molecule has 4 aliphatic rings. The van der Waals surface area contributed by atoms with Crippen LogP contribution in [0.2, 0.25) is 0 Å². The molecule has 0 saturated carbocycles. The number of piperidine rings is 4. The van der Waals surface area contributed by atoms with Gasteiger partial charge in [0.2, 0.25) is 5.95 Å². The van der Waals surface area contributed by atoms with E-state index in [0.29, 0.717) is 36.3 Å². The van der Waals surface area contributed by atoms with Crippen molar-refractivity contribution in [3.8, 4) is 0 Å². The first-order valence-electron chi connectivity index (χ1n) is 13.3. The Hall–Kier alpha value is -2.92. The zero-order valence-corrected chi connectivity index (χ0v) is 21.9. The largest absolute Gasteiger partial charge is 0.416 e. The lowest BCUT2D eigenvalue weighted by Crippen LogP contribution is -2.53. The fraction of sp³-hybridized carbons (Fsp3) is 0.593. The molecule has 6 rings (SSSR count). The van der Waals surface area contributed by atoms with E-state index in [1.54, 1.807) is 6.07 Å². The summed E-state index contributed by atoms with van der Waals surface area (Å²) in [7, 11) is 0. The van der Waals surface area contributed by atoms with Gasteiger partial charge in [-0.3, -0.25) is 0 Å². The minimum atomic E-state index is -4.47. The van der Waals surface area contributed by atoms with Crippen LogP contribution in [0.4, 0.5) is 36.4 Å². The highest BCUT2D eigenvalue weighted by molar-refractivity contribution is 5.92. The van der Waals surface area contributed by atoms with Crippen molar-refractivity contribution in [1.29, 1.82) is 5.41 Å². The van der Waals surface area contributed by atoms with Gasteiger partial charge in [-0.1, -0.05) is 6.07 Å². The Labute approximate surface area is 221 Å². The molecule has 4 aliphatic heterocycles. The van der Waals surface area contributed by atoms with Gasteiger partial charge in [-0.25, -0.2) is 0 Å². The minimum Gasteiger partial charge on any atom is -0.390 e. The molecule has 0 spiro atoms. The van der Waals surface area contributed by atoms with Crippen molar-refractivity contribution < 1.29 is 18.3 Å².